The second-order valence-electron chi connectivity index (χ2n) is 3.66. The molecule has 0 aliphatic heterocycles. The van der Waals surface area contributed by atoms with Crippen LogP contribution in [0.25, 0.3) is 0 Å². The van der Waals surface area contributed by atoms with Crippen LogP contribution in [-0.4, -0.2) is 0 Å². The molecule has 1 unspecified atom stereocenters. The molecule has 0 nitrogen and oxygen atoms in total. The SMILES string of the molecule is Fc1cccc(CC(Cl)c2cc(Cl)c(Br)s2)c1F. The first-order valence-electron chi connectivity index (χ1n) is 5.00. The molecule has 0 radical (unpaired) electrons. The van der Waals surface area contributed by atoms with Gasteiger partial charge in [-0.2, -0.15) is 0 Å². The van der Waals surface area contributed by atoms with Gasteiger partial charge in [-0.3, -0.25) is 0 Å². The Morgan fingerprint density at radius 1 is 1.33 bits per heavy atom. The molecule has 0 spiro atoms. The van der Waals surface area contributed by atoms with Gasteiger partial charge in [0.2, 0.25) is 0 Å². The fourth-order valence-corrected chi connectivity index (χ4v) is 3.60. The van der Waals surface area contributed by atoms with E-state index in [0.717, 1.165) is 14.7 Å². The zero-order valence-electron chi connectivity index (χ0n) is 8.89. The molecule has 6 heteroatoms. The molecular formula is C12H7BrCl2F2S. The second kappa shape index (κ2) is 5.87. The lowest BCUT2D eigenvalue weighted by atomic mass is 10.1. The average Bonchev–Trinajstić information content (AvgIpc) is 2.66. The summed E-state index contributed by atoms with van der Waals surface area (Å²) < 4.78 is 27.3. The van der Waals surface area contributed by atoms with Crippen molar-refractivity contribution in [3.05, 3.63) is 55.1 Å². The fourth-order valence-electron chi connectivity index (χ4n) is 1.52. The molecule has 1 heterocycles. The molecule has 2 aromatic rings. The van der Waals surface area contributed by atoms with Crippen molar-refractivity contribution in [3.8, 4) is 0 Å². The number of halogens is 5. The van der Waals surface area contributed by atoms with E-state index in [1.165, 1.54) is 23.5 Å². The number of hydrogen-bond donors (Lipinski definition) is 0. The van der Waals surface area contributed by atoms with Crippen LogP contribution in [-0.2, 0) is 6.42 Å². The highest BCUT2D eigenvalue weighted by Crippen LogP contribution is 2.38. The maximum absolute atomic E-state index is 13.5. The van der Waals surface area contributed by atoms with Crippen LogP contribution < -0.4 is 0 Å². The minimum atomic E-state index is -0.859. The first-order valence-corrected chi connectivity index (χ1v) is 7.43. The summed E-state index contributed by atoms with van der Waals surface area (Å²) in [6.07, 6.45) is 0.217. The molecule has 0 bridgehead atoms. The summed E-state index contributed by atoms with van der Waals surface area (Å²) in [6, 6.07) is 5.80. The predicted octanol–water partition coefficient (Wildman–Crippen LogP) is 5.96. The lowest BCUT2D eigenvalue weighted by molar-refractivity contribution is 0.498. The third-order valence-corrected chi connectivity index (χ3v) is 5.51. The van der Waals surface area contributed by atoms with Crippen LogP contribution >= 0.6 is 50.5 Å². The third kappa shape index (κ3) is 3.05. The highest BCUT2D eigenvalue weighted by molar-refractivity contribution is 9.11. The normalized spacial score (nSPS) is 12.7. The topological polar surface area (TPSA) is 0 Å². The van der Waals surface area contributed by atoms with E-state index in [4.69, 9.17) is 23.2 Å². The summed E-state index contributed by atoms with van der Waals surface area (Å²) in [5.41, 5.74) is 0.260. The van der Waals surface area contributed by atoms with Gasteiger partial charge in [-0.25, -0.2) is 8.78 Å². The van der Waals surface area contributed by atoms with E-state index in [9.17, 15) is 8.78 Å². The summed E-state index contributed by atoms with van der Waals surface area (Å²) in [6.45, 7) is 0. The number of rotatable bonds is 3. The third-order valence-electron chi connectivity index (χ3n) is 2.40. The van der Waals surface area contributed by atoms with Crippen molar-refractivity contribution in [2.24, 2.45) is 0 Å². The highest BCUT2D eigenvalue weighted by Gasteiger charge is 2.17. The fraction of sp³-hybridized carbons (Fsp3) is 0.167. The van der Waals surface area contributed by atoms with Gasteiger partial charge in [-0.15, -0.1) is 22.9 Å². The number of benzene rings is 1. The number of alkyl halides is 1. The van der Waals surface area contributed by atoms with E-state index in [2.05, 4.69) is 15.9 Å². The molecule has 0 saturated heterocycles. The van der Waals surface area contributed by atoms with Crippen molar-refractivity contribution >= 4 is 50.5 Å². The molecule has 2 rings (SSSR count). The maximum Gasteiger partial charge on any atom is 0.162 e. The molecule has 0 fully saturated rings. The first-order chi connectivity index (χ1) is 8.49. The maximum atomic E-state index is 13.5. The Kier molecular flexibility index (Phi) is 4.64. The lowest BCUT2D eigenvalue weighted by Crippen LogP contribution is -1.98. The largest absolute Gasteiger partial charge is 0.204 e. The Morgan fingerprint density at radius 3 is 2.67 bits per heavy atom. The standard InChI is InChI=1S/C12H7BrCl2F2S/c13-12-8(15)5-10(18-12)7(14)4-6-2-1-3-9(16)11(6)17/h1-3,5,7H,4H2. The quantitative estimate of drug-likeness (QED) is 0.583. The molecule has 1 aromatic carbocycles. The van der Waals surface area contributed by atoms with Crippen LogP contribution in [0.5, 0.6) is 0 Å². The van der Waals surface area contributed by atoms with Crippen molar-refractivity contribution < 1.29 is 8.78 Å². The van der Waals surface area contributed by atoms with Crippen molar-refractivity contribution in [1.29, 1.82) is 0 Å². The molecular weight excluding hydrogens is 365 g/mol. The van der Waals surface area contributed by atoms with Crippen molar-refractivity contribution in [3.63, 3.8) is 0 Å². The predicted molar refractivity (Wildman–Crippen MR) is 75.7 cm³/mol. The van der Waals surface area contributed by atoms with Crippen LogP contribution in [0.4, 0.5) is 8.78 Å². The lowest BCUT2D eigenvalue weighted by Gasteiger charge is -2.08. The second-order valence-corrected chi connectivity index (χ2v) is 6.99. The van der Waals surface area contributed by atoms with Crippen molar-refractivity contribution in [2.45, 2.75) is 11.8 Å². The first kappa shape index (κ1) is 14.3. The van der Waals surface area contributed by atoms with Crippen LogP contribution in [0.2, 0.25) is 5.02 Å². The van der Waals surface area contributed by atoms with Crippen LogP contribution in [0.3, 0.4) is 0 Å². The van der Waals surface area contributed by atoms with E-state index in [-0.39, 0.29) is 12.0 Å². The molecule has 18 heavy (non-hydrogen) atoms. The van der Waals surface area contributed by atoms with Gasteiger partial charge in [0, 0.05) is 4.88 Å². The smallest absolute Gasteiger partial charge is 0.162 e. The van der Waals surface area contributed by atoms with E-state index in [0.29, 0.717) is 5.02 Å². The monoisotopic (exact) mass is 370 g/mol. The Morgan fingerprint density at radius 2 is 2.06 bits per heavy atom. The van der Waals surface area contributed by atoms with Gasteiger partial charge in [0.05, 0.1) is 14.2 Å². The summed E-state index contributed by atoms with van der Waals surface area (Å²) in [7, 11) is 0. The van der Waals surface area contributed by atoms with Crippen molar-refractivity contribution in [2.75, 3.05) is 0 Å². The van der Waals surface area contributed by atoms with Gasteiger partial charge >= 0.3 is 0 Å². The van der Waals surface area contributed by atoms with Gasteiger partial charge in [0.15, 0.2) is 11.6 Å². The molecule has 0 N–H and O–H groups in total. The molecule has 1 aromatic heterocycles. The van der Waals surface area contributed by atoms with E-state index >= 15 is 0 Å². The van der Waals surface area contributed by atoms with Gasteiger partial charge in [0.1, 0.15) is 0 Å². The van der Waals surface area contributed by atoms with Gasteiger partial charge in [-0.1, -0.05) is 23.7 Å². The van der Waals surface area contributed by atoms with Gasteiger partial charge in [0.25, 0.3) is 0 Å². The summed E-state index contributed by atoms with van der Waals surface area (Å²) >= 11 is 16.8. The van der Waals surface area contributed by atoms with Crippen LogP contribution in [0.15, 0.2) is 28.1 Å². The Labute approximate surface area is 126 Å². The average molecular weight is 372 g/mol. The molecule has 1 atom stereocenters. The molecule has 0 aliphatic rings. The summed E-state index contributed by atoms with van der Waals surface area (Å²) in [5, 5.41) is 0.135. The Hall–Kier alpha value is -0.160. The minimum Gasteiger partial charge on any atom is -0.204 e. The highest BCUT2D eigenvalue weighted by atomic mass is 79.9. The molecule has 96 valence electrons. The zero-order chi connectivity index (χ0) is 13.3. The van der Waals surface area contributed by atoms with Gasteiger partial charge in [-0.05, 0) is 40.0 Å². The van der Waals surface area contributed by atoms with Crippen LogP contribution in [0.1, 0.15) is 15.8 Å². The Balaban J connectivity index is 2.21. The number of thiophene rings is 1. The van der Waals surface area contributed by atoms with E-state index in [1.54, 1.807) is 6.07 Å². The zero-order valence-corrected chi connectivity index (χ0v) is 12.8. The molecule has 0 amide bonds. The molecule has 0 saturated carbocycles. The summed E-state index contributed by atoms with van der Waals surface area (Å²) in [4.78, 5) is 0.817. The summed E-state index contributed by atoms with van der Waals surface area (Å²) in [5.74, 6) is -1.70. The Bertz CT molecular complexity index is 552. The molecule has 0 aliphatic carbocycles. The van der Waals surface area contributed by atoms with E-state index in [1.807, 2.05) is 0 Å². The van der Waals surface area contributed by atoms with Crippen LogP contribution in [0, 0.1) is 11.6 Å². The van der Waals surface area contributed by atoms with Gasteiger partial charge < -0.3 is 0 Å². The minimum absolute atomic E-state index is 0.217. The number of hydrogen-bond acceptors (Lipinski definition) is 1. The van der Waals surface area contributed by atoms with E-state index < -0.39 is 17.0 Å². The van der Waals surface area contributed by atoms with Crippen molar-refractivity contribution in [1.82, 2.24) is 0 Å².